The Hall–Kier alpha value is -1.71. The number of aliphatic carboxylic acids is 1. The number of ether oxygens (including phenoxy) is 5. The van der Waals surface area contributed by atoms with Crippen LogP contribution in [-0.4, -0.2) is 111 Å². The molecule has 1 amide bonds. The number of halogens is 1. The molecule has 0 saturated carbocycles. The summed E-state index contributed by atoms with van der Waals surface area (Å²) in [6.45, 7) is 2.71. The zero-order valence-electron chi connectivity index (χ0n) is 16.9. The summed E-state index contributed by atoms with van der Waals surface area (Å²) in [6.07, 6.45) is -12.6. The number of hydrogen-bond acceptors (Lipinski definition) is 11. The second kappa shape index (κ2) is 10.7. The van der Waals surface area contributed by atoms with Gasteiger partial charge in [0.25, 0.3) is 0 Å². The molecular formula is C17H26ClNO12. The fraction of sp³-hybridized carbons (Fsp3) is 0.765. The zero-order chi connectivity index (χ0) is 23.5. The molecule has 2 fully saturated rings. The van der Waals surface area contributed by atoms with Crippen LogP contribution in [0.1, 0.15) is 13.8 Å². The van der Waals surface area contributed by atoms with E-state index in [1.807, 2.05) is 0 Å². The third kappa shape index (κ3) is 5.21. The number of methoxy groups -OCH3 is 1. The zero-order valence-corrected chi connectivity index (χ0v) is 17.7. The molecule has 178 valence electrons. The Morgan fingerprint density at radius 2 is 1.84 bits per heavy atom. The highest BCUT2D eigenvalue weighted by atomic mass is 35.5. The van der Waals surface area contributed by atoms with E-state index >= 15 is 0 Å². The van der Waals surface area contributed by atoms with Gasteiger partial charge in [0.05, 0.1) is 0 Å². The Labute approximate surface area is 182 Å². The first-order valence-electron chi connectivity index (χ1n) is 9.27. The number of aliphatic hydroxyl groups is 4. The minimum absolute atomic E-state index is 0.0356. The van der Waals surface area contributed by atoms with Gasteiger partial charge in [-0.05, 0) is 6.92 Å². The topological polar surface area (TPSA) is 185 Å². The molecule has 0 radical (unpaired) electrons. The van der Waals surface area contributed by atoms with E-state index in [0.29, 0.717) is 10.7 Å². The lowest BCUT2D eigenvalue weighted by Crippen LogP contribution is -2.65. The van der Waals surface area contributed by atoms with Crippen LogP contribution in [0.15, 0.2) is 12.0 Å². The van der Waals surface area contributed by atoms with E-state index in [-0.39, 0.29) is 6.61 Å². The van der Waals surface area contributed by atoms with Gasteiger partial charge in [0, 0.05) is 32.4 Å². The van der Waals surface area contributed by atoms with Gasteiger partial charge in [0.15, 0.2) is 18.2 Å². The summed E-state index contributed by atoms with van der Waals surface area (Å²) in [7, 11) is 1.20. The van der Waals surface area contributed by atoms with Crippen molar-refractivity contribution in [2.24, 2.45) is 0 Å². The SMILES string of the molecule is CCOC1C(C(=O)O)O[C@@H](OC2C(O)/C(=C/O)O[C@@H](OC)C2N(Cl)C(C)=O)C(O)C1O. The van der Waals surface area contributed by atoms with Gasteiger partial charge >= 0.3 is 5.97 Å². The number of carboxylic acids is 1. The van der Waals surface area contributed by atoms with Gasteiger partial charge in [-0.2, -0.15) is 0 Å². The van der Waals surface area contributed by atoms with E-state index in [0.717, 1.165) is 6.92 Å². The molecule has 2 rings (SSSR count). The van der Waals surface area contributed by atoms with Gasteiger partial charge in [0.2, 0.25) is 12.2 Å². The van der Waals surface area contributed by atoms with E-state index in [2.05, 4.69) is 0 Å². The first-order chi connectivity index (χ1) is 14.6. The number of aliphatic hydroxyl groups excluding tert-OH is 4. The van der Waals surface area contributed by atoms with Crippen molar-refractivity contribution in [3.8, 4) is 0 Å². The molecular weight excluding hydrogens is 446 g/mol. The van der Waals surface area contributed by atoms with Crippen molar-refractivity contribution >= 4 is 23.7 Å². The summed E-state index contributed by atoms with van der Waals surface area (Å²) in [5.41, 5.74) is 0. The van der Waals surface area contributed by atoms with E-state index in [1.165, 1.54) is 7.11 Å². The van der Waals surface area contributed by atoms with Crippen LogP contribution in [0.2, 0.25) is 0 Å². The molecule has 5 N–H and O–H groups in total. The summed E-state index contributed by atoms with van der Waals surface area (Å²) in [4.78, 5) is 23.4. The number of nitrogens with zero attached hydrogens (tertiary/aromatic N) is 1. The molecule has 0 aromatic rings. The van der Waals surface area contributed by atoms with Crippen LogP contribution in [0.4, 0.5) is 0 Å². The predicted molar refractivity (Wildman–Crippen MR) is 99.4 cm³/mol. The van der Waals surface area contributed by atoms with Gasteiger partial charge in [-0.1, -0.05) is 0 Å². The number of hydrogen-bond donors (Lipinski definition) is 5. The molecule has 31 heavy (non-hydrogen) atoms. The van der Waals surface area contributed by atoms with Crippen LogP contribution in [0, 0.1) is 0 Å². The van der Waals surface area contributed by atoms with Crippen molar-refractivity contribution in [1.82, 2.24) is 4.42 Å². The lowest BCUT2D eigenvalue weighted by Gasteiger charge is -2.46. The van der Waals surface area contributed by atoms with E-state index < -0.39 is 72.9 Å². The number of carboxylic acid groups (broad SMARTS) is 1. The van der Waals surface area contributed by atoms with Crippen LogP contribution < -0.4 is 0 Å². The second-order valence-corrected chi connectivity index (χ2v) is 7.15. The van der Waals surface area contributed by atoms with Crippen LogP contribution in [-0.2, 0) is 33.3 Å². The monoisotopic (exact) mass is 471 g/mol. The lowest BCUT2D eigenvalue weighted by molar-refractivity contribution is -0.329. The Balaban J connectivity index is 2.38. The number of carbonyl (C=O) groups is 2. The first kappa shape index (κ1) is 25.5. The Morgan fingerprint density at radius 1 is 1.19 bits per heavy atom. The molecule has 7 unspecified atom stereocenters. The van der Waals surface area contributed by atoms with Crippen molar-refractivity contribution in [3.05, 3.63) is 12.0 Å². The highest BCUT2D eigenvalue weighted by Crippen LogP contribution is 2.34. The van der Waals surface area contributed by atoms with Gasteiger partial charge < -0.3 is 49.2 Å². The fourth-order valence-electron chi connectivity index (χ4n) is 3.35. The lowest BCUT2D eigenvalue weighted by atomic mass is 9.97. The molecule has 0 bridgehead atoms. The highest BCUT2D eigenvalue weighted by Gasteiger charge is 2.54. The third-order valence-corrected chi connectivity index (χ3v) is 5.29. The average molecular weight is 472 g/mol. The van der Waals surface area contributed by atoms with Crippen molar-refractivity contribution < 1.29 is 58.8 Å². The van der Waals surface area contributed by atoms with Crippen molar-refractivity contribution in [2.75, 3.05) is 13.7 Å². The molecule has 14 heteroatoms. The summed E-state index contributed by atoms with van der Waals surface area (Å²) < 4.78 is 27.1. The minimum Gasteiger partial charge on any atom is -0.512 e. The van der Waals surface area contributed by atoms with Crippen LogP contribution >= 0.6 is 11.8 Å². The Kier molecular flexibility index (Phi) is 8.85. The van der Waals surface area contributed by atoms with Gasteiger partial charge in [-0.25, -0.2) is 9.21 Å². The predicted octanol–water partition coefficient (Wildman–Crippen LogP) is -1.56. The van der Waals surface area contributed by atoms with Gasteiger partial charge in [-0.3, -0.25) is 4.79 Å². The molecule has 0 aromatic heterocycles. The smallest absolute Gasteiger partial charge is 0.335 e. The number of carbonyl (C=O) groups excluding carboxylic acids is 1. The largest absolute Gasteiger partial charge is 0.512 e. The molecule has 2 heterocycles. The maximum absolute atomic E-state index is 11.8. The fourth-order valence-corrected chi connectivity index (χ4v) is 3.56. The molecule has 13 nitrogen and oxygen atoms in total. The Morgan fingerprint density at radius 3 is 2.32 bits per heavy atom. The van der Waals surface area contributed by atoms with Crippen LogP contribution in [0.3, 0.4) is 0 Å². The van der Waals surface area contributed by atoms with E-state index in [1.54, 1.807) is 6.92 Å². The standard InChI is InChI=1S/C17H26ClNO12/c1-4-28-13-10(23)11(24)17(31-14(13)15(25)26)30-12-8(19(18)6(2)21)16(27-3)29-7(5-20)9(12)22/h5,8-14,16-17,20,22-24H,4H2,1-3H3,(H,25,26)/b7-5-/t8?,9?,10?,11?,12?,13?,14?,16-,17-/m1/s1. The first-order valence-corrected chi connectivity index (χ1v) is 9.61. The normalized spacial score (nSPS) is 39.7. The highest BCUT2D eigenvalue weighted by molar-refractivity contribution is 6.21. The summed E-state index contributed by atoms with van der Waals surface area (Å²) >= 11 is 6.03. The molecule has 0 aromatic carbocycles. The van der Waals surface area contributed by atoms with Gasteiger partial charge in [0.1, 0.15) is 42.8 Å². The number of amides is 1. The average Bonchev–Trinajstić information content (AvgIpc) is 2.73. The van der Waals surface area contributed by atoms with Crippen molar-refractivity contribution in [3.63, 3.8) is 0 Å². The Bertz CT molecular complexity index is 677. The van der Waals surface area contributed by atoms with Crippen molar-refractivity contribution in [1.29, 1.82) is 0 Å². The summed E-state index contributed by atoms with van der Waals surface area (Å²) in [5.74, 6) is -2.58. The number of rotatable bonds is 7. The molecule has 0 spiro atoms. The van der Waals surface area contributed by atoms with E-state index in [9.17, 15) is 35.1 Å². The quantitative estimate of drug-likeness (QED) is 0.213. The summed E-state index contributed by atoms with van der Waals surface area (Å²) in [6, 6.07) is -1.33. The molecule has 2 aliphatic heterocycles. The second-order valence-electron chi connectivity index (χ2n) is 6.78. The third-order valence-electron chi connectivity index (χ3n) is 4.83. The minimum atomic E-state index is -1.80. The van der Waals surface area contributed by atoms with Crippen molar-refractivity contribution in [2.45, 2.75) is 69.1 Å². The molecule has 0 aliphatic carbocycles. The molecule has 2 saturated heterocycles. The summed E-state index contributed by atoms with van der Waals surface area (Å²) in [5, 5.41) is 50.1. The maximum atomic E-state index is 11.8. The maximum Gasteiger partial charge on any atom is 0.335 e. The molecule has 2 aliphatic rings. The van der Waals surface area contributed by atoms with E-state index in [4.69, 9.17) is 35.5 Å². The van der Waals surface area contributed by atoms with Crippen LogP contribution in [0.5, 0.6) is 0 Å². The molecule has 9 atom stereocenters. The van der Waals surface area contributed by atoms with Gasteiger partial charge in [-0.15, -0.1) is 0 Å². The van der Waals surface area contributed by atoms with Crippen LogP contribution in [0.25, 0.3) is 0 Å².